The fourth-order valence-corrected chi connectivity index (χ4v) is 3.51. The number of nitrogens with zero attached hydrogens (tertiary/aromatic N) is 1. The Hall–Kier alpha value is -2.96. The molecule has 0 spiro atoms. The third-order valence-corrected chi connectivity index (χ3v) is 5.00. The summed E-state index contributed by atoms with van der Waals surface area (Å²) in [5, 5.41) is 2.83. The van der Waals surface area contributed by atoms with Gasteiger partial charge in [-0.15, -0.1) is 0 Å². The molecule has 160 valence electrons. The molecule has 1 saturated heterocycles. The maximum Gasteiger partial charge on any atom is 0.259 e. The normalized spacial score (nSPS) is 16.4. The molecule has 0 saturated carbocycles. The standard InChI is InChI=1S/C23H26F2N2O3/c1-15(2)26-22(28)17-8-10-18(11-9-17)30-14-16-5-4-12-27(13-16)23(29)21-19(24)6-3-7-20(21)25/h3,6-11,15-16H,4-5,12-14H2,1-2H3,(H,26,28). The molecule has 1 unspecified atom stereocenters. The number of rotatable bonds is 6. The molecule has 2 amide bonds. The lowest BCUT2D eigenvalue weighted by Gasteiger charge is -2.32. The molecule has 5 nitrogen and oxygen atoms in total. The summed E-state index contributed by atoms with van der Waals surface area (Å²) in [5.74, 6) is -1.78. The van der Waals surface area contributed by atoms with Gasteiger partial charge in [-0.05, 0) is 63.1 Å². The molecule has 1 aliphatic heterocycles. The largest absolute Gasteiger partial charge is 0.493 e. The number of hydrogen-bond donors (Lipinski definition) is 1. The average Bonchev–Trinajstić information content (AvgIpc) is 2.72. The summed E-state index contributed by atoms with van der Waals surface area (Å²) < 4.78 is 33.7. The lowest BCUT2D eigenvalue weighted by atomic mass is 9.98. The number of hydrogen-bond acceptors (Lipinski definition) is 3. The average molecular weight is 416 g/mol. The van der Waals surface area contributed by atoms with Crippen molar-refractivity contribution >= 4 is 11.8 Å². The number of nitrogens with one attached hydrogen (secondary N) is 1. The Balaban J connectivity index is 1.56. The Kier molecular flexibility index (Phi) is 7.03. The van der Waals surface area contributed by atoms with E-state index in [1.165, 1.54) is 11.0 Å². The predicted octanol–water partition coefficient (Wildman–Crippen LogP) is 4.03. The first-order valence-corrected chi connectivity index (χ1v) is 10.1. The number of carbonyl (C=O) groups is 2. The summed E-state index contributed by atoms with van der Waals surface area (Å²) in [6.45, 7) is 5.01. The number of piperidine rings is 1. The Morgan fingerprint density at radius 3 is 2.43 bits per heavy atom. The molecule has 1 fully saturated rings. The van der Waals surface area contributed by atoms with Gasteiger partial charge in [0.1, 0.15) is 22.9 Å². The van der Waals surface area contributed by atoms with Crippen molar-refractivity contribution in [3.05, 3.63) is 65.2 Å². The van der Waals surface area contributed by atoms with Crippen LogP contribution in [-0.4, -0.2) is 42.5 Å². The zero-order valence-corrected chi connectivity index (χ0v) is 17.2. The molecule has 2 aromatic rings. The zero-order chi connectivity index (χ0) is 21.7. The lowest BCUT2D eigenvalue weighted by molar-refractivity contribution is 0.0623. The van der Waals surface area contributed by atoms with Crippen LogP contribution in [0.5, 0.6) is 5.75 Å². The van der Waals surface area contributed by atoms with Gasteiger partial charge in [0.05, 0.1) is 6.61 Å². The van der Waals surface area contributed by atoms with Gasteiger partial charge in [-0.25, -0.2) is 8.78 Å². The molecule has 0 radical (unpaired) electrons. The molecular formula is C23H26F2N2O3. The van der Waals surface area contributed by atoms with Gasteiger partial charge in [0.25, 0.3) is 11.8 Å². The Morgan fingerprint density at radius 1 is 1.13 bits per heavy atom. The van der Waals surface area contributed by atoms with Crippen LogP contribution in [0.3, 0.4) is 0 Å². The fraction of sp³-hybridized carbons (Fsp3) is 0.391. The highest BCUT2D eigenvalue weighted by Gasteiger charge is 2.28. The monoisotopic (exact) mass is 416 g/mol. The highest BCUT2D eigenvalue weighted by Crippen LogP contribution is 2.22. The van der Waals surface area contributed by atoms with Crippen molar-refractivity contribution in [3.63, 3.8) is 0 Å². The van der Waals surface area contributed by atoms with Gasteiger partial charge in [-0.3, -0.25) is 9.59 Å². The minimum Gasteiger partial charge on any atom is -0.493 e. The maximum atomic E-state index is 13.9. The van der Waals surface area contributed by atoms with E-state index in [1.807, 2.05) is 13.8 Å². The Bertz CT molecular complexity index is 880. The van der Waals surface area contributed by atoms with Gasteiger partial charge in [0.15, 0.2) is 0 Å². The van der Waals surface area contributed by atoms with Gasteiger partial charge in [0, 0.05) is 30.6 Å². The molecule has 3 rings (SSSR count). The summed E-state index contributed by atoms with van der Waals surface area (Å²) in [4.78, 5) is 26.1. The molecular weight excluding hydrogens is 390 g/mol. The van der Waals surface area contributed by atoms with E-state index in [1.54, 1.807) is 24.3 Å². The predicted molar refractivity (Wildman–Crippen MR) is 110 cm³/mol. The van der Waals surface area contributed by atoms with Crippen LogP contribution in [0.1, 0.15) is 47.4 Å². The third-order valence-electron chi connectivity index (χ3n) is 5.00. The SMILES string of the molecule is CC(C)NC(=O)c1ccc(OCC2CCCN(C(=O)c3c(F)cccc3F)C2)cc1. The van der Waals surface area contributed by atoms with Crippen LogP contribution >= 0.6 is 0 Å². The number of carbonyl (C=O) groups excluding carboxylic acids is 2. The van der Waals surface area contributed by atoms with Crippen LogP contribution < -0.4 is 10.1 Å². The van der Waals surface area contributed by atoms with Gasteiger partial charge >= 0.3 is 0 Å². The van der Waals surface area contributed by atoms with E-state index in [0.717, 1.165) is 25.0 Å². The van der Waals surface area contributed by atoms with Crippen LogP contribution in [0, 0.1) is 17.6 Å². The van der Waals surface area contributed by atoms with Gasteiger partial charge in [-0.1, -0.05) is 6.07 Å². The first kappa shape index (κ1) is 21.7. The van der Waals surface area contributed by atoms with Crippen LogP contribution in [0.15, 0.2) is 42.5 Å². The zero-order valence-electron chi connectivity index (χ0n) is 17.2. The van der Waals surface area contributed by atoms with Crippen molar-refractivity contribution in [2.24, 2.45) is 5.92 Å². The molecule has 1 atom stereocenters. The van der Waals surface area contributed by atoms with Crippen molar-refractivity contribution in [2.45, 2.75) is 32.7 Å². The van der Waals surface area contributed by atoms with E-state index >= 15 is 0 Å². The highest BCUT2D eigenvalue weighted by atomic mass is 19.1. The number of likely N-dealkylation sites (tertiary alicyclic amines) is 1. The van der Waals surface area contributed by atoms with E-state index in [-0.39, 0.29) is 17.9 Å². The van der Waals surface area contributed by atoms with Crippen molar-refractivity contribution < 1.29 is 23.1 Å². The molecule has 0 bridgehead atoms. The maximum absolute atomic E-state index is 13.9. The second-order valence-corrected chi connectivity index (χ2v) is 7.82. The van der Waals surface area contributed by atoms with E-state index in [4.69, 9.17) is 4.74 Å². The molecule has 2 aromatic carbocycles. The number of ether oxygens (including phenoxy) is 1. The Labute approximate surface area is 175 Å². The van der Waals surface area contributed by atoms with Gasteiger partial charge in [-0.2, -0.15) is 0 Å². The first-order valence-electron chi connectivity index (χ1n) is 10.1. The minimum absolute atomic E-state index is 0.0569. The van der Waals surface area contributed by atoms with Crippen LogP contribution in [0.4, 0.5) is 8.78 Å². The second kappa shape index (κ2) is 9.69. The van der Waals surface area contributed by atoms with Gasteiger partial charge in [0.2, 0.25) is 0 Å². The molecule has 1 heterocycles. The quantitative estimate of drug-likeness (QED) is 0.773. The number of amides is 2. The fourth-order valence-electron chi connectivity index (χ4n) is 3.51. The van der Waals surface area contributed by atoms with Crippen LogP contribution in [0.25, 0.3) is 0 Å². The summed E-state index contributed by atoms with van der Waals surface area (Å²) in [6, 6.07) is 10.3. The number of benzene rings is 2. The summed E-state index contributed by atoms with van der Waals surface area (Å²) in [7, 11) is 0. The van der Waals surface area contributed by atoms with Gasteiger partial charge < -0.3 is 15.0 Å². The summed E-state index contributed by atoms with van der Waals surface area (Å²) >= 11 is 0. The van der Waals surface area contributed by atoms with E-state index < -0.39 is 23.1 Å². The molecule has 1 aliphatic rings. The topological polar surface area (TPSA) is 58.6 Å². The van der Waals surface area contributed by atoms with Crippen LogP contribution in [-0.2, 0) is 0 Å². The van der Waals surface area contributed by atoms with E-state index in [9.17, 15) is 18.4 Å². The van der Waals surface area contributed by atoms with Crippen molar-refractivity contribution in [1.82, 2.24) is 10.2 Å². The molecule has 1 N–H and O–H groups in total. The second-order valence-electron chi connectivity index (χ2n) is 7.82. The lowest BCUT2D eigenvalue weighted by Crippen LogP contribution is -2.42. The van der Waals surface area contributed by atoms with E-state index in [2.05, 4.69) is 5.32 Å². The molecule has 0 aromatic heterocycles. The van der Waals surface area contributed by atoms with Crippen molar-refractivity contribution in [3.8, 4) is 5.75 Å². The summed E-state index contributed by atoms with van der Waals surface area (Å²) in [5.41, 5.74) is 0.0479. The van der Waals surface area contributed by atoms with E-state index in [0.29, 0.717) is 31.0 Å². The minimum atomic E-state index is -0.847. The van der Waals surface area contributed by atoms with Crippen molar-refractivity contribution in [2.75, 3.05) is 19.7 Å². The highest BCUT2D eigenvalue weighted by molar-refractivity contribution is 5.95. The van der Waals surface area contributed by atoms with Crippen molar-refractivity contribution in [1.29, 1.82) is 0 Å². The third kappa shape index (κ3) is 5.34. The Morgan fingerprint density at radius 2 is 1.80 bits per heavy atom. The molecule has 7 heteroatoms. The first-order chi connectivity index (χ1) is 14.3. The smallest absolute Gasteiger partial charge is 0.259 e. The van der Waals surface area contributed by atoms with Crippen LogP contribution in [0.2, 0.25) is 0 Å². The number of halogens is 2. The molecule has 30 heavy (non-hydrogen) atoms. The summed E-state index contributed by atoms with van der Waals surface area (Å²) in [6.07, 6.45) is 1.60. The molecule has 0 aliphatic carbocycles.